The standard InChI is InChI=1S/C18H23ClOS/c1-20-11-13-10-18(21-12-13)17-5-3-2-4-16(17)14-6-8-15(19)9-7-14/h6-10,13,16-17H,2-5,11-12H2,1H3. The highest BCUT2D eigenvalue weighted by Crippen LogP contribution is 2.48. The van der Waals surface area contributed by atoms with Gasteiger partial charge in [0.25, 0.3) is 0 Å². The molecule has 1 saturated carbocycles. The maximum Gasteiger partial charge on any atom is 0.0533 e. The van der Waals surface area contributed by atoms with Crippen molar-refractivity contribution in [1.82, 2.24) is 0 Å². The zero-order chi connectivity index (χ0) is 14.7. The molecule has 1 heterocycles. The first-order chi connectivity index (χ1) is 10.3. The molecule has 1 aromatic rings. The number of thioether (sulfide) groups is 1. The number of rotatable bonds is 4. The molecule has 1 aliphatic carbocycles. The molecular weight excluding hydrogens is 300 g/mol. The number of hydrogen-bond acceptors (Lipinski definition) is 2. The fourth-order valence-corrected chi connectivity index (χ4v) is 5.16. The Morgan fingerprint density at radius 3 is 2.57 bits per heavy atom. The highest BCUT2D eigenvalue weighted by atomic mass is 35.5. The van der Waals surface area contributed by atoms with E-state index < -0.39 is 0 Å². The molecule has 0 aromatic heterocycles. The molecule has 0 saturated heterocycles. The molecule has 1 fully saturated rings. The summed E-state index contributed by atoms with van der Waals surface area (Å²) in [6, 6.07) is 8.51. The van der Waals surface area contributed by atoms with Crippen LogP contribution in [0, 0.1) is 11.8 Å². The van der Waals surface area contributed by atoms with Gasteiger partial charge in [-0.05, 0) is 47.3 Å². The van der Waals surface area contributed by atoms with Crippen LogP contribution >= 0.6 is 23.4 Å². The molecule has 3 heteroatoms. The zero-order valence-electron chi connectivity index (χ0n) is 12.6. The minimum Gasteiger partial charge on any atom is -0.384 e. The summed E-state index contributed by atoms with van der Waals surface area (Å²) in [7, 11) is 1.80. The summed E-state index contributed by atoms with van der Waals surface area (Å²) in [6.45, 7) is 0.856. The monoisotopic (exact) mass is 322 g/mol. The Hall–Kier alpha value is -0.440. The van der Waals surface area contributed by atoms with E-state index in [1.54, 1.807) is 12.0 Å². The number of hydrogen-bond donors (Lipinski definition) is 0. The maximum absolute atomic E-state index is 6.04. The Morgan fingerprint density at radius 2 is 1.86 bits per heavy atom. The second-order valence-corrected chi connectivity index (χ2v) is 7.67. The molecule has 21 heavy (non-hydrogen) atoms. The second-order valence-electron chi connectivity index (χ2n) is 6.14. The van der Waals surface area contributed by atoms with E-state index in [9.17, 15) is 0 Å². The van der Waals surface area contributed by atoms with Gasteiger partial charge in [-0.25, -0.2) is 0 Å². The molecule has 0 radical (unpaired) electrons. The third-order valence-electron chi connectivity index (χ3n) is 4.67. The maximum atomic E-state index is 6.04. The lowest BCUT2D eigenvalue weighted by Gasteiger charge is -2.32. The summed E-state index contributed by atoms with van der Waals surface area (Å²) < 4.78 is 5.31. The predicted octanol–water partition coefficient (Wildman–Crippen LogP) is 5.51. The van der Waals surface area contributed by atoms with Crippen LogP contribution in [0.3, 0.4) is 0 Å². The Bertz CT molecular complexity index is 496. The molecule has 114 valence electrons. The lowest BCUT2D eigenvalue weighted by molar-refractivity contribution is 0.178. The van der Waals surface area contributed by atoms with Gasteiger partial charge in [0.1, 0.15) is 0 Å². The van der Waals surface area contributed by atoms with Gasteiger partial charge in [-0.3, -0.25) is 0 Å². The fourth-order valence-electron chi connectivity index (χ4n) is 3.65. The summed E-state index contributed by atoms with van der Waals surface area (Å²) in [5.74, 6) is 3.15. The smallest absolute Gasteiger partial charge is 0.0533 e. The Balaban J connectivity index is 1.78. The van der Waals surface area contributed by atoms with Crippen molar-refractivity contribution in [2.45, 2.75) is 31.6 Å². The van der Waals surface area contributed by atoms with Gasteiger partial charge in [0, 0.05) is 23.8 Å². The molecule has 2 aliphatic rings. The van der Waals surface area contributed by atoms with E-state index in [0.717, 1.165) is 11.6 Å². The SMILES string of the molecule is COCC1C=C(C2CCCCC2c2ccc(Cl)cc2)SC1. The largest absolute Gasteiger partial charge is 0.384 e. The first-order valence-electron chi connectivity index (χ1n) is 7.87. The van der Waals surface area contributed by atoms with Crippen molar-refractivity contribution in [2.24, 2.45) is 11.8 Å². The fraction of sp³-hybridized carbons (Fsp3) is 0.556. The minimum atomic E-state index is 0.600. The highest BCUT2D eigenvalue weighted by molar-refractivity contribution is 8.03. The predicted molar refractivity (Wildman–Crippen MR) is 92.1 cm³/mol. The summed E-state index contributed by atoms with van der Waals surface area (Å²) in [5.41, 5.74) is 1.46. The van der Waals surface area contributed by atoms with Crippen LogP contribution < -0.4 is 0 Å². The van der Waals surface area contributed by atoms with Crippen molar-refractivity contribution in [3.8, 4) is 0 Å². The van der Waals surface area contributed by atoms with Crippen LogP contribution in [0.1, 0.15) is 37.2 Å². The quantitative estimate of drug-likeness (QED) is 0.723. The summed E-state index contributed by atoms with van der Waals surface area (Å²) in [5, 5.41) is 0.834. The van der Waals surface area contributed by atoms with E-state index in [-0.39, 0.29) is 0 Å². The summed E-state index contributed by atoms with van der Waals surface area (Å²) in [4.78, 5) is 1.61. The van der Waals surface area contributed by atoms with Crippen molar-refractivity contribution < 1.29 is 4.74 Å². The van der Waals surface area contributed by atoms with Crippen molar-refractivity contribution in [2.75, 3.05) is 19.5 Å². The molecule has 3 rings (SSSR count). The third kappa shape index (κ3) is 3.67. The van der Waals surface area contributed by atoms with Crippen molar-refractivity contribution in [1.29, 1.82) is 0 Å². The number of halogens is 1. The molecule has 0 bridgehead atoms. The average molecular weight is 323 g/mol. The van der Waals surface area contributed by atoms with Gasteiger partial charge in [0.15, 0.2) is 0 Å². The van der Waals surface area contributed by atoms with Crippen LogP contribution in [0.15, 0.2) is 35.2 Å². The first kappa shape index (κ1) is 15.5. The van der Waals surface area contributed by atoms with E-state index in [0.29, 0.717) is 17.8 Å². The molecule has 0 spiro atoms. The first-order valence-corrected chi connectivity index (χ1v) is 9.23. The zero-order valence-corrected chi connectivity index (χ0v) is 14.1. The van der Waals surface area contributed by atoms with Crippen LogP contribution in [-0.2, 0) is 4.74 Å². The Labute approximate surface area is 137 Å². The molecule has 1 nitrogen and oxygen atoms in total. The lowest BCUT2D eigenvalue weighted by atomic mass is 9.75. The Morgan fingerprint density at radius 1 is 1.14 bits per heavy atom. The minimum absolute atomic E-state index is 0.600. The topological polar surface area (TPSA) is 9.23 Å². The van der Waals surface area contributed by atoms with E-state index in [2.05, 4.69) is 30.0 Å². The van der Waals surface area contributed by atoms with Crippen molar-refractivity contribution >= 4 is 23.4 Å². The van der Waals surface area contributed by atoms with Crippen LogP contribution in [-0.4, -0.2) is 19.5 Å². The molecule has 3 unspecified atom stereocenters. The van der Waals surface area contributed by atoms with Crippen LogP contribution in [0.4, 0.5) is 0 Å². The van der Waals surface area contributed by atoms with Gasteiger partial charge < -0.3 is 4.74 Å². The molecule has 0 N–H and O–H groups in total. The van der Waals surface area contributed by atoms with E-state index in [1.807, 2.05) is 12.1 Å². The van der Waals surface area contributed by atoms with Gasteiger partial charge in [0.05, 0.1) is 6.61 Å². The summed E-state index contributed by atoms with van der Waals surface area (Å²) >= 11 is 8.09. The van der Waals surface area contributed by atoms with Crippen LogP contribution in [0.2, 0.25) is 5.02 Å². The molecule has 1 aromatic carbocycles. The molecule has 1 aliphatic heterocycles. The van der Waals surface area contributed by atoms with Gasteiger partial charge in [0.2, 0.25) is 0 Å². The second kappa shape index (κ2) is 7.21. The van der Waals surface area contributed by atoms with Crippen molar-refractivity contribution in [3.63, 3.8) is 0 Å². The molecule has 0 amide bonds. The average Bonchev–Trinajstić information content (AvgIpc) is 2.97. The number of ether oxygens (including phenoxy) is 1. The van der Waals surface area contributed by atoms with Gasteiger partial charge in [-0.2, -0.15) is 0 Å². The van der Waals surface area contributed by atoms with Crippen LogP contribution in [0.25, 0.3) is 0 Å². The Kier molecular flexibility index (Phi) is 5.31. The van der Waals surface area contributed by atoms with Crippen molar-refractivity contribution in [3.05, 3.63) is 45.8 Å². The summed E-state index contributed by atoms with van der Waals surface area (Å²) in [6.07, 6.45) is 7.82. The van der Waals surface area contributed by atoms with E-state index in [4.69, 9.17) is 16.3 Å². The van der Waals surface area contributed by atoms with Gasteiger partial charge in [-0.1, -0.05) is 42.7 Å². The molecular formula is C18H23ClOS. The normalized spacial score (nSPS) is 29.4. The van der Waals surface area contributed by atoms with E-state index >= 15 is 0 Å². The van der Waals surface area contributed by atoms with Crippen LogP contribution in [0.5, 0.6) is 0 Å². The molecule has 3 atom stereocenters. The number of allylic oxidation sites excluding steroid dienone is 1. The number of methoxy groups -OCH3 is 1. The highest BCUT2D eigenvalue weighted by Gasteiger charge is 2.32. The lowest BCUT2D eigenvalue weighted by Crippen LogP contribution is -2.18. The number of benzene rings is 1. The van der Waals surface area contributed by atoms with E-state index in [1.165, 1.54) is 37.0 Å². The van der Waals surface area contributed by atoms with Gasteiger partial charge >= 0.3 is 0 Å². The third-order valence-corrected chi connectivity index (χ3v) is 6.29. The van der Waals surface area contributed by atoms with Gasteiger partial charge in [-0.15, -0.1) is 11.8 Å².